The second-order valence-corrected chi connectivity index (χ2v) is 5.64. The molecule has 2 aromatic heterocycles. The van der Waals surface area contributed by atoms with E-state index in [0.29, 0.717) is 17.3 Å². The summed E-state index contributed by atoms with van der Waals surface area (Å²) in [6, 6.07) is 3.76. The van der Waals surface area contributed by atoms with Gasteiger partial charge in [-0.2, -0.15) is 0 Å². The second-order valence-electron chi connectivity index (χ2n) is 4.72. The van der Waals surface area contributed by atoms with Gasteiger partial charge in [0, 0.05) is 24.3 Å². The standard InChI is InChI=1S/C14H19BrN6/c1-3-4-7-21(2)14-12(16)13(18-9-19-14)20-11-6-5-10(15)8-17-11/h5-6,8-9H,3-4,7,16H2,1-2H3,(H,17,18,19,20). The van der Waals surface area contributed by atoms with Gasteiger partial charge in [0.15, 0.2) is 11.6 Å². The molecule has 0 saturated heterocycles. The van der Waals surface area contributed by atoms with Crippen molar-refractivity contribution in [1.29, 1.82) is 0 Å². The molecule has 3 N–H and O–H groups in total. The molecule has 0 saturated carbocycles. The molecule has 0 aromatic carbocycles. The molecule has 21 heavy (non-hydrogen) atoms. The summed E-state index contributed by atoms with van der Waals surface area (Å²) in [7, 11) is 1.98. The first-order chi connectivity index (χ1) is 10.1. The number of hydrogen-bond acceptors (Lipinski definition) is 6. The molecule has 2 rings (SSSR count). The number of aromatic nitrogens is 3. The van der Waals surface area contributed by atoms with Crippen molar-refractivity contribution >= 4 is 39.1 Å². The maximum Gasteiger partial charge on any atom is 0.160 e. The van der Waals surface area contributed by atoms with Gasteiger partial charge in [0.1, 0.15) is 17.8 Å². The van der Waals surface area contributed by atoms with Crippen molar-refractivity contribution in [2.75, 3.05) is 29.5 Å². The van der Waals surface area contributed by atoms with Gasteiger partial charge in [0.2, 0.25) is 0 Å². The number of hydrogen-bond donors (Lipinski definition) is 2. The maximum atomic E-state index is 6.17. The average Bonchev–Trinajstić information content (AvgIpc) is 2.49. The van der Waals surface area contributed by atoms with Crippen LogP contribution in [0.4, 0.5) is 23.1 Å². The molecule has 0 radical (unpaired) electrons. The van der Waals surface area contributed by atoms with Crippen molar-refractivity contribution in [3.8, 4) is 0 Å². The number of nitrogens with zero attached hydrogens (tertiary/aromatic N) is 4. The lowest BCUT2D eigenvalue weighted by molar-refractivity contribution is 0.759. The maximum absolute atomic E-state index is 6.17. The molecule has 0 bridgehead atoms. The topological polar surface area (TPSA) is 80.0 Å². The Kier molecular flexibility index (Phi) is 5.32. The van der Waals surface area contributed by atoms with Crippen molar-refractivity contribution in [2.24, 2.45) is 0 Å². The first-order valence-corrected chi connectivity index (χ1v) is 7.61. The number of halogens is 1. The van der Waals surface area contributed by atoms with Crippen LogP contribution >= 0.6 is 15.9 Å². The minimum Gasteiger partial charge on any atom is -0.393 e. The number of nitrogens with one attached hydrogen (secondary N) is 1. The summed E-state index contributed by atoms with van der Waals surface area (Å²) < 4.78 is 0.920. The quantitative estimate of drug-likeness (QED) is 0.832. The fourth-order valence-electron chi connectivity index (χ4n) is 1.86. The van der Waals surface area contributed by atoms with Gasteiger partial charge in [-0.25, -0.2) is 15.0 Å². The van der Waals surface area contributed by atoms with E-state index in [1.807, 2.05) is 24.1 Å². The van der Waals surface area contributed by atoms with Crippen LogP contribution in [0.15, 0.2) is 29.1 Å². The first-order valence-electron chi connectivity index (χ1n) is 6.82. The zero-order valence-electron chi connectivity index (χ0n) is 12.2. The Labute approximate surface area is 132 Å². The third-order valence-electron chi connectivity index (χ3n) is 3.05. The smallest absolute Gasteiger partial charge is 0.160 e. The highest BCUT2D eigenvalue weighted by molar-refractivity contribution is 9.10. The summed E-state index contributed by atoms with van der Waals surface area (Å²) in [6.45, 7) is 3.07. The van der Waals surface area contributed by atoms with E-state index in [4.69, 9.17) is 5.73 Å². The highest BCUT2D eigenvalue weighted by Gasteiger charge is 2.12. The molecule has 2 aromatic rings. The Balaban J connectivity index is 2.19. The predicted octanol–water partition coefficient (Wildman–Crippen LogP) is 3.20. The number of unbranched alkanes of at least 4 members (excludes halogenated alkanes) is 1. The summed E-state index contributed by atoms with van der Waals surface area (Å²) >= 11 is 3.35. The second kappa shape index (κ2) is 7.21. The van der Waals surface area contributed by atoms with Crippen molar-refractivity contribution in [1.82, 2.24) is 15.0 Å². The third kappa shape index (κ3) is 4.04. The average molecular weight is 351 g/mol. The SMILES string of the molecule is CCCCN(C)c1ncnc(Nc2ccc(Br)cn2)c1N. The molecule has 112 valence electrons. The first kappa shape index (κ1) is 15.5. The van der Waals surface area contributed by atoms with E-state index in [1.165, 1.54) is 6.33 Å². The van der Waals surface area contributed by atoms with Crippen molar-refractivity contribution < 1.29 is 0 Å². The summed E-state index contributed by atoms with van der Waals surface area (Å²) in [6.07, 6.45) is 5.45. The molecule has 0 aliphatic heterocycles. The Bertz CT molecular complexity index is 587. The van der Waals surface area contributed by atoms with E-state index in [2.05, 4.69) is 43.1 Å². The lowest BCUT2D eigenvalue weighted by atomic mass is 10.3. The van der Waals surface area contributed by atoms with Crippen LogP contribution < -0.4 is 16.0 Å². The van der Waals surface area contributed by atoms with Crippen LogP contribution in [-0.2, 0) is 0 Å². The summed E-state index contributed by atoms with van der Waals surface area (Å²) in [5, 5.41) is 3.12. The van der Waals surface area contributed by atoms with Crippen LogP contribution in [0.5, 0.6) is 0 Å². The van der Waals surface area contributed by atoms with Gasteiger partial charge in [-0.3, -0.25) is 0 Å². The zero-order chi connectivity index (χ0) is 15.2. The number of pyridine rings is 1. The lowest BCUT2D eigenvalue weighted by Crippen LogP contribution is -2.21. The van der Waals surface area contributed by atoms with Gasteiger partial charge in [-0.1, -0.05) is 13.3 Å². The van der Waals surface area contributed by atoms with Crippen LogP contribution in [0.1, 0.15) is 19.8 Å². The molecule has 0 spiro atoms. The van der Waals surface area contributed by atoms with Crippen LogP contribution in [0, 0.1) is 0 Å². The molecular formula is C14H19BrN6. The van der Waals surface area contributed by atoms with E-state index in [0.717, 1.165) is 29.7 Å². The van der Waals surface area contributed by atoms with E-state index in [-0.39, 0.29) is 0 Å². The number of nitrogen functional groups attached to an aromatic ring is 1. The summed E-state index contributed by atoms with van der Waals surface area (Å²) in [5.41, 5.74) is 6.70. The Morgan fingerprint density at radius 2 is 2.10 bits per heavy atom. The molecule has 7 heteroatoms. The van der Waals surface area contributed by atoms with Gasteiger partial charge < -0.3 is 16.0 Å². The van der Waals surface area contributed by atoms with E-state index >= 15 is 0 Å². The number of rotatable bonds is 6. The largest absolute Gasteiger partial charge is 0.393 e. The van der Waals surface area contributed by atoms with Crippen LogP contribution in [0.25, 0.3) is 0 Å². The molecular weight excluding hydrogens is 332 g/mol. The molecule has 0 fully saturated rings. The minimum atomic E-state index is 0.529. The van der Waals surface area contributed by atoms with Crippen molar-refractivity contribution in [2.45, 2.75) is 19.8 Å². The number of anilines is 4. The van der Waals surface area contributed by atoms with Gasteiger partial charge in [0.25, 0.3) is 0 Å². The van der Waals surface area contributed by atoms with Gasteiger partial charge in [-0.05, 0) is 34.5 Å². The third-order valence-corrected chi connectivity index (χ3v) is 3.51. The van der Waals surface area contributed by atoms with Crippen molar-refractivity contribution in [3.63, 3.8) is 0 Å². The molecule has 0 aliphatic carbocycles. The van der Waals surface area contributed by atoms with Crippen LogP contribution in [0.3, 0.4) is 0 Å². The molecule has 2 heterocycles. The van der Waals surface area contributed by atoms with E-state index in [1.54, 1.807) is 6.20 Å². The highest BCUT2D eigenvalue weighted by Crippen LogP contribution is 2.27. The lowest BCUT2D eigenvalue weighted by Gasteiger charge is -2.20. The molecule has 0 unspecified atom stereocenters. The van der Waals surface area contributed by atoms with Crippen molar-refractivity contribution in [3.05, 3.63) is 29.1 Å². The van der Waals surface area contributed by atoms with E-state index < -0.39 is 0 Å². The van der Waals surface area contributed by atoms with Gasteiger partial charge in [0.05, 0.1) is 0 Å². The fourth-order valence-corrected chi connectivity index (χ4v) is 2.10. The normalized spacial score (nSPS) is 10.4. The monoisotopic (exact) mass is 350 g/mol. The molecule has 6 nitrogen and oxygen atoms in total. The predicted molar refractivity (Wildman–Crippen MR) is 89.8 cm³/mol. The molecule has 0 atom stereocenters. The Morgan fingerprint density at radius 3 is 2.76 bits per heavy atom. The molecule has 0 amide bonds. The Hall–Kier alpha value is -1.89. The van der Waals surface area contributed by atoms with Gasteiger partial charge in [-0.15, -0.1) is 0 Å². The zero-order valence-corrected chi connectivity index (χ0v) is 13.8. The van der Waals surface area contributed by atoms with Gasteiger partial charge >= 0.3 is 0 Å². The minimum absolute atomic E-state index is 0.529. The molecule has 0 aliphatic rings. The van der Waals surface area contributed by atoms with Crippen LogP contribution in [0.2, 0.25) is 0 Å². The highest BCUT2D eigenvalue weighted by atomic mass is 79.9. The van der Waals surface area contributed by atoms with E-state index in [9.17, 15) is 0 Å². The van der Waals surface area contributed by atoms with Crippen LogP contribution in [-0.4, -0.2) is 28.5 Å². The fraction of sp³-hybridized carbons (Fsp3) is 0.357. The summed E-state index contributed by atoms with van der Waals surface area (Å²) in [5.74, 6) is 1.99. The Morgan fingerprint density at radius 1 is 1.29 bits per heavy atom. The number of nitrogens with two attached hydrogens (primary N) is 1. The summed E-state index contributed by atoms with van der Waals surface area (Å²) in [4.78, 5) is 14.8.